The highest BCUT2D eigenvalue weighted by Crippen LogP contribution is 2.47. The molecule has 0 bridgehead atoms. The fraction of sp³-hybridized carbons (Fsp3) is 0.727. The number of imidazole rings is 1. The third-order valence-electron chi connectivity index (χ3n) is 3.45. The molecule has 0 amide bonds. The molecule has 0 unspecified atom stereocenters. The van der Waals surface area contributed by atoms with E-state index in [-0.39, 0.29) is 0 Å². The first-order valence-electron chi connectivity index (χ1n) is 5.67. The quantitative estimate of drug-likeness (QED) is 0.812. The summed E-state index contributed by atoms with van der Waals surface area (Å²) in [5.74, 6) is 0.405. The number of aromatic nitrogens is 2. The van der Waals surface area contributed by atoms with Gasteiger partial charge in [0.1, 0.15) is 5.82 Å². The Kier molecular flexibility index (Phi) is 3.23. The van der Waals surface area contributed by atoms with Gasteiger partial charge in [0.2, 0.25) is 0 Å². The zero-order valence-corrected chi connectivity index (χ0v) is 9.42. The number of rotatable bonds is 6. The molecular weight excluding hydrogens is 212 g/mol. The van der Waals surface area contributed by atoms with Gasteiger partial charge in [0.05, 0.1) is 6.54 Å². The molecule has 1 saturated carbocycles. The molecule has 3 nitrogen and oxygen atoms in total. The van der Waals surface area contributed by atoms with Crippen molar-refractivity contribution in [1.82, 2.24) is 14.9 Å². The highest BCUT2D eigenvalue weighted by atomic mass is 19.3. The lowest BCUT2D eigenvalue weighted by Gasteiger charge is -2.13. The molecule has 1 aliphatic rings. The van der Waals surface area contributed by atoms with Crippen LogP contribution in [0.25, 0.3) is 0 Å². The number of halogens is 2. The molecule has 0 aromatic carbocycles. The highest BCUT2D eigenvalue weighted by molar-refractivity contribution is 4.96. The number of hydrogen-bond acceptors (Lipinski definition) is 2. The lowest BCUT2D eigenvalue weighted by molar-refractivity contribution is 0.0665. The van der Waals surface area contributed by atoms with E-state index in [4.69, 9.17) is 0 Å². The van der Waals surface area contributed by atoms with Gasteiger partial charge in [0.15, 0.2) is 0 Å². The van der Waals surface area contributed by atoms with Crippen LogP contribution in [0.15, 0.2) is 12.4 Å². The average Bonchev–Trinajstić information content (AvgIpc) is 2.88. The number of alkyl halides is 2. The molecule has 16 heavy (non-hydrogen) atoms. The second-order valence-corrected chi connectivity index (χ2v) is 4.49. The van der Waals surface area contributed by atoms with Gasteiger partial charge in [-0.15, -0.1) is 0 Å². The SMILES string of the molecule is CCC1(CNCc2nccn2C(F)F)CC1. The van der Waals surface area contributed by atoms with E-state index in [2.05, 4.69) is 17.2 Å². The second-order valence-electron chi connectivity index (χ2n) is 4.49. The molecular formula is C11H17F2N3. The maximum absolute atomic E-state index is 12.5. The minimum absolute atomic E-state index is 0.405. The van der Waals surface area contributed by atoms with Crippen molar-refractivity contribution in [2.45, 2.75) is 39.3 Å². The van der Waals surface area contributed by atoms with Crippen LogP contribution in [0.4, 0.5) is 8.78 Å². The van der Waals surface area contributed by atoms with Crippen molar-refractivity contribution in [3.05, 3.63) is 18.2 Å². The standard InChI is InChI=1S/C11H17F2N3/c1-2-11(3-4-11)8-14-7-9-15-5-6-16(9)10(12)13/h5-6,10,14H,2-4,7-8H2,1H3. The Morgan fingerprint density at radius 1 is 1.56 bits per heavy atom. The van der Waals surface area contributed by atoms with E-state index < -0.39 is 6.55 Å². The summed E-state index contributed by atoms with van der Waals surface area (Å²) in [4.78, 5) is 3.92. The Hall–Kier alpha value is -0.970. The highest BCUT2D eigenvalue weighted by Gasteiger charge is 2.39. The van der Waals surface area contributed by atoms with Gasteiger partial charge in [-0.25, -0.2) is 4.98 Å². The largest absolute Gasteiger partial charge is 0.319 e. The zero-order valence-electron chi connectivity index (χ0n) is 9.42. The molecule has 0 spiro atoms. The minimum Gasteiger partial charge on any atom is -0.309 e. The van der Waals surface area contributed by atoms with Crippen LogP contribution in [-0.4, -0.2) is 16.1 Å². The molecule has 0 radical (unpaired) electrons. The number of nitrogens with zero attached hydrogens (tertiary/aromatic N) is 2. The van der Waals surface area contributed by atoms with Crippen LogP contribution in [0.2, 0.25) is 0 Å². The molecule has 0 saturated heterocycles. The van der Waals surface area contributed by atoms with E-state index in [1.54, 1.807) is 0 Å². The fourth-order valence-corrected chi connectivity index (χ4v) is 1.93. The van der Waals surface area contributed by atoms with Gasteiger partial charge >= 0.3 is 6.55 Å². The molecule has 2 rings (SSSR count). The second kappa shape index (κ2) is 4.49. The Balaban J connectivity index is 1.83. The molecule has 90 valence electrons. The topological polar surface area (TPSA) is 29.9 Å². The fourth-order valence-electron chi connectivity index (χ4n) is 1.93. The van der Waals surface area contributed by atoms with Crippen LogP contribution in [0.3, 0.4) is 0 Å². The van der Waals surface area contributed by atoms with Crippen LogP contribution in [0.5, 0.6) is 0 Å². The van der Waals surface area contributed by atoms with Crippen LogP contribution in [0, 0.1) is 5.41 Å². The first-order valence-corrected chi connectivity index (χ1v) is 5.67. The average molecular weight is 229 g/mol. The van der Waals surface area contributed by atoms with Gasteiger partial charge in [0.25, 0.3) is 0 Å². The molecule has 1 N–H and O–H groups in total. The maximum Gasteiger partial charge on any atom is 0.319 e. The molecule has 1 aromatic heterocycles. The van der Waals surface area contributed by atoms with Crippen molar-refractivity contribution in [1.29, 1.82) is 0 Å². The molecule has 0 atom stereocenters. The molecule has 1 heterocycles. The maximum atomic E-state index is 12.5. The molecule has 1 aliphatic carbocycles. The summed E-state index contributed by atoms with van der Waals surface area (Å²) in [6.07, 6.45) is 6.38. The summed E-state index contributed by atoms with van der Waals surface area (Å²) < 4.78 is 25.9. The molecule has 1 aromatic rings. The summed E-state index contributed by atoms with van der Waals surface area (Å²) in [5.41, 5.74) is 0.433. The lowest BCUT2D eigenvalue weighted by atomic mass is 10.0. The normalized spacial score (nSPS) is 18.0. The summed E-state index contributed by atoms with van der Waals surface area (Å²) in [5, 5.41) is 3.22. The van der Waals surface area contributed by atoms with E-state index in [1.807, 2.05) is 0 Å². The van der Waals surface area contributed by atoms with Crippen molar-refractivity contribution in [2.24, 2.45) is 5.41 Å². The van der Waals surface area contributed by atoms with Crippen LogP contribution < -0.4 is 5.32 Å². The Labute approximate surface area is 93.9 Å². The molecule has 1 fully saturated rings. The van der Waals surface area contributed by atoms with Crippen LogP contribution in [-0.2, 0) is 6.54 Å². The third kappa shape index (κ3) is 2.40. The van der Waals surface area contributed by atoms with Gasteiger partial charge in [-0.2, -0.15) is 8.78 Å². The third-order valence-corrected chi connectivity index (χ3v) is 3.45. The smallest absolute Gasteiger partial charge is 0.309 e. The van der Waals surface area contributed by atoms with E-state index in [1.165, 1.54) is 25.2 Å². The van der Waals surface area contributed by atoms with E-state index >= 15 is 0 Å². The summed E-state index contributed by atoms with van der Waals surface area (Å²) in [6.45, 7) is 0.994. The Morgan fingerprint density at radius 3 is 2.88 bits per heavy atom. The summed E-state index contributed by atoms with van der Waals surface area (Å²) >= 11 is 0. The van der Waals surface area contributed by atoms with Crippen LogP contribution in [0.1, 0.15) is 38.6 Å². The Bertz CT molecular complexity index is 345. The number of nitrogens with one attached hydrogen (secondary N) is 1. The monoisotopic (exact) mass is 229 g/mol. The van der Waals surface area contributed by atoms with Crippen molar-refractivity contribution >= 4 is 0 Å². The summed E-state index contributed by atoms with van der Waals surface area (Å²) in [6, 6.07) is 0. The molecule has 0 aliphatic heterocycles. The predicted octanol–water partition coefficient (Wildman–Crippen LogP) is 2.56. The minimum atomic E-state index is -2.50. The Morgan fingerprint density at radius 2 is 2.31 bits per heavy atom. The summed E-state index contributed by atoms with van der Waals surface area (Å²) in [7, 11) is 0. The number of hydrogen-bond donors (Lipinski definition) is 1. The van der Waals surface area contributed by atoms with E-state index in [9.17, 15) is 8.78 Å². The first-order chi connectivity index (χ1) is 7.67. The zero-order chi connectivity index (χ0) is 11.6. The van der Waals surface area contributed by atoms with Crippen molar-refractivity contribution < 1.29 is 8.78 Å². The van der Waals surface area contributed by atoms with Gasteiger partial charge in [-0.3, -0.25) is 4.57 Å². The predicted molar refractivity (Wildman–Crippen MR) is 57.1 cm³/mol. The molecule has 5 heteroatoms. The van der Waals surface area contributed by atoms with E-state index in [0.717, 1.165) is 17.5 Å². The van der Waals surface area contributed by atoms with Crippen molar-refractivity contribution in [3.63, 3.8) is 0 Å². The van der Waals surface area contributed by atoms with Crippen LogP contribution >= 0.6 is 0 Å². The van der Waals surface area contributed by atoms with Gasteiger partial charge in [-0.1, -0.05) is 6.92 Å². The lowest BCUT2D eigenvalue weighted by Crippen LogP contribution is -2.24. The van der Waals surface area contributed by atoms with E-state index in [0.29, 0.717) is 17.8 Å². The van der Waals surface area contributed by atoms with Crippen molar-refractivity contribution in [2.75, 3.05) is 6.54 Å². The first kappa shape index (κ1) is 11.5. The van der Waals surface area contributed by atoms with Gasteiger partial charge < -0.3 is 5.32 Å². The van der Waals surface area contributed by atoms with Gasteiger partial charge in [-0.05, 0) is 24.7 Å². The van der Waals surface area contributed by atoms with Crippen molar-refractivity contribution in [3.8, 4) is 0 Å². The van der Waals surface area contributed by atoms with Gasteiger partial charge in [0, 0.05) is 18.9 Å².